The van der Waals surface area contributed by atoms with Crippen LogP contribution in [0.25, 0.3) is 0 Å². The second-order valence-electron chi connectivity index (χ2n) is 9.04. The van der Waals surface area contributed by atoms with E-state index in [1.165, 1.54) is 5.56 Å². The molecule has 6 heteroatoms. The van der Waals surface area contributed by atoms with Crippen LogP contribution in [0.1, 0.15) is 54.4 Å². The quantitative estimate of drug-likeness (QED) is 0.644. The van der Waals surface area contributed by atoms with Crippen molar-refractivity contribution in [3.8, 4) is 0 Å². The smallest absolute Gasteiger partial charge is 0.251 e. The number of pyridine rings is 1. The Morgan fingerprint density at radius 3 is 2.39 bits per heavy atom. The van der Waals surface area contributed by atoms with E-state index in [4.69, 9.17) is 0 Å². The van der Waals surface area contributed by atoms with Crippen molar-refractivity contribution in [1.29, 1.82) is 0 Å². The number of piperidine rings is 1. The number of aliphatic hydroxyl groups excluding tert-OH is 2. The number of hydrogen-bond acceptors (Lipinski definition) is 5. The van der Waals surface area contributed by atoms with Gasteiger partial charge in [0.2, 0.25) is 0 Å². The Morgan fingerprint density at radius 1 is 1.00 bits per heavy atom. The summed E-state index contributed by atoms with van der Waals surface area (Å²) in [6, 6.07) is 13.9. The lowest BCUT2D eigenvalue weighted by Crippen LogP contribution is -2.48. The van der Waals surface area contributed by atoms with Crippen molar-refractivity contribution in [3.63, 3.8) is 0 Å². The molecule has 3 atom stereocenters. The van der Waals surface area contributed by atoms with Crippen LogP contribution in [0.15, 0.2) is 54.9 Å². The summed E-state index contributed by atoms with van der Waals surface area (Å²) in [5, 5.41) is 24.0. The SMILES string of the molecule is O=C(NC[C@@]1(c2ccccc2)CC[C@H](O)[C@@H](N2CCC(O)CC2)CC1)c1ccncc1. The van der Waals surface area contributed by atoms with Gasteiger partial charge in [-0.1, -0.05) is 30.3 Å². The minimum absolute atomic E-state index is 0.0935. The van der Waals surface area contributed by atoms with E-state index in [1.807, 2.05) is 18.2 Å². The molecular formula is C25H33N3O3. The molecule has 6 nitrogen and oxygen atoms in total. The molecule has 166 valence electrons. The van der Waals surface area contributed by atoms with E-state index in [0.717, 1.165) is 45.2 Å². The zero-order valence-electron chi connectivity index (χ0n) is 18.0. The monoisotopic (exact) mass is 423 g/mol. The number of aromatic nitrogens is 1. The number of nitrogens with one attached hydrogen (secondary N) is 1. The molecule has 0 spiro atoms. The first-order valence-electron chi connectivity index (χ1n) is 11.4. The van der Waals surface area contributed by atoms with Gasteiger partial charge in [-0.25, -0.2) is 0 Å². The van der Waals surface area contributed by atoms with Crippen LogP contribution in [0.3, 0.4) is 0 Å². The maximum Gasteiger partial charge on any atom is 0.251 e. The van der Waals surface area contributed by atoms with Gasteiger partial charge in [-0.05, 0) is 56.2 Å². The van der Waals surface area contributed by atoms with Gasteiger partial charge in [0.25, 0.3) is 5.91 Å². The average Bonchev–Trinajstić information content (AvgIpc) is 2.99. The highest BCUT2D eigenvalue weighted by Crippen LogP contribution is 2.39. The van der Waals surface area contributed by atoms with Crippen molar-refractivity contribution in [1.82, 2.24) is 15.2 Å². The number of aliphatic hydroxyl groups is 2. The molecule has 3 N–H and O–H groups in total. The van der Waals surface area contributed by atoms with Crippen molar-refractivity contribution < 1.29 is 15.0 Å². The fraction of sp³-hybridized carbons (Fsp3) is 0.520. The molecule has 1 aliphatic heterocycles. The Morgan fingerprint density at radius 2 is 1.68 bits per heavy atom. The topological polar surface area (TPSA) is 85.7 Å². The molecule has 1 aromatic carbocycles. The molecule has 0 radical (unpaired) electrons. The highest BCUT2D eigenvalue weighted by molar-refractivity contribution is 5.94. The number of carbonyl (C=O) groups excluding carboxylic acids is 1. The number of likely N-dealkylation sites (tertiary alicyclic amines) is 1. The first kappa shape index (κ1) is 21.9. The van der Waals surface area contributed by atoms with Crippen LogP contribution in [-0.2, 0) is 5.41 Å². The third-order valence-corrected chi connectivity index (χ3v) is 7.17. The lowest BCUT2D eigenvalue weighted by atomic mass is 9.74. The molecule has 31 heavy (non-hydrogen) atoms. The predicted molar refractivity (Wildman–Crippen MR) is 120 cm³/mol. The van der Waals surface area contributed by atoms with Crippen LogP contribution in [-0.4, -0.2) is 63.9 Å². The third-order valence-electron chi connectivity index (χ3n) is 7.17. The van der Waals surface area contributed by atoms with Crippen molar-refractivity contribution in [3.05, 3.63) is 66.0 Å². The second kappa shape index (κ2) is 9.90. The summed E-state index contributed by atoms with van der Waals surface area (Å²) in [6.07, 6.45) is 7.48. The Labute approximate surface area is 184 Å². The summed E-state index contributed by atoms with van der Waals surface area (Å²) in [7, 11) is 0. The van der Waals surface area contributed by atoms with E-state index in [9.17, 15) is 15.0 Å². The molecule has 0 bridgehead atoms. The molecule has 1 amide bonds. The normalized spacial score (nSPS) is 28.1. The zero-order valence-corrected chi connectivity index (χ0v) is 18.0. The Balaban J connectivity index is 1.52. The first-order chi connectivity index (χ1) is 15.1. The van der Waals surface area contributed by atoms with E-state index < -0.39 is 6.10 Å². The summed E-state index contributed by atoms with van der Waals surface area (Å²) in [5.41, 5.74) is 1.61. The lowest BCUT2D eigenvalue weighted by molar-refractivity contribution is 0.00482. The Kier molecular flexibility index (Phi) is 7.00. The van der Waals surface area contributed by atoms with Crippen LogP contribution in [0.4, 0.5) is 0 Å². The maximum absolute atomic E-state index is 12.7. The Hall–Kier alpha value is -2.28. The molecular weight excluding hydrogens is 390 g/mol. The molecule has 0 unspecified atom stereocenters. The molecule has 2 aromatic rings. The van der Waals surface area contributed by atoms with Gasteiger partial charge in [0.1, 0.15) is 0 Å². The highest BCUT2D eigenvalue weighted by atomic mass is 16.3. The molecule has 4 rings (SSSR count). The lowest BCUT2D eigenvalue weighted by Gasteiger charge is -2.38. The number of amides is 1. The van der Waals surface area contributed by atoms with E-state index in [-0.39, 0.29) is 23.5 Å². The largest absolute Gasteiger partial charge is 0.393 e. The van der Waals surface area contributed by atoms with Gasteiger partial charge >= 0.3 is 0 Å². The van der Waals surface area contributed by atoms with Crippen molar-refractivity contribution in [2.45, 2.75) is 62.2 Å². The summed E-state index contributed by atoms with van der Waals surface area (Å²) < 4.78 is 0. The van der Waals surface area contributed by atoms with Crippen LogP contribution < -0.4 is 5.32 Å². The molecule has 1 aromatic heterocycles. The summed E-state index contributed by atoms with van der Waals surface area (Å²) in [4.78, 5) is 19.1. The van der Waals surface area contributed by atoms with Crippen LogP contribution >= 0.6 is 0 Å². The first-order valence-corrected chi connectivity index (χ1v) is 11.4. The molecule has 1 saturated heterocycles. The summed E-state index contributed by atoms with van der Waals surface area (Å²) in [6.45, 7) is 2.20. The molecule has 1 aliphatic carbocycles. The summed E-state index contributed by atoms with van der Waals surface area (Å²) in [5.74, 6) is -0.0935. The fourth-order valence-corrected chi connectivity index (χ4v) is 5.22. The van der Waals surface area contributed by atoms with Gasteiger partial charge in [-0.2, -0.15) is 0 Å². The standard InChI is InChI=1S/C25H33N3O3/c29-21-10-16-28(17-11-21)22-6-12-25(13-7-23(22)30,20-4-2-1-3-5-20)18-27-24(31)19-8-14-26-15-9-19/h1-5,8-9,14-15,21-23,29-30H,6-7,10-13,16-18H2,(H,27,31)/t22-,23-,25-/m0/s1. The van der Waals surface area contributed by atoms with Crippen molar-refractivity contribution >= 4 is 5.91 Å². The second-order valence-corrected chi connectivity index (χ2v) is 9.04. The molecule has 2 fully saturated rings. The Bertz CT molecular complexity index is 840. The third kappa shape index (κ3) is 5.14. The predicted octanol–water partition coefficient (Wildman–Crippen LogP) is 2.51. The fourth-order valence-electron chi connectivity index (χ4n) is 5.22. The van der Waals surface area contributed by atoms with E-state index in [2.05, 4.69) is 27.3 Å². The van der Waals surface area contributed by atoms with Gasteiger partial charge < -0.3 is 15.5 Å². The number of rotatable bonds is 5. The van der Waals surface area contributed by atoms with Gasteiger partial charge in [0.15, 0.2) is 0 Å². The number of benzene rings is 1. The van der Waals surface area contributed by atoms with Gasteiger partial charge in [0.05, 0.1) is 12.2 Å². The molecule has 1 saturated carbocycles. The van der Waals surface area contributed by atoms with Gasteiger partial charge in [-0.15, -0.1) is 0 Å². The highest BCUT2D eigenvalue weighted by Gasteiger charge is 2.40. The van der Waals surface area contributed by atoms with E-state index in [1.54, 1.807) is 24.5 Å². The van der Waals surface area contributed by atoms with Crippen molar-refractivity contribution in [2.75, 3.05) is 19.6 Å². The molecule has 2 aliphatic rings. The van der Waals surface area contributed by atoms with Crippen molar-refractivity contribution in [2.24, 2.45) is 0 Å². The van der Waals surface area contributed by atoms with Crippen LogP contribution in [0.2, 0.25) is 0 Å². The van der Waals surface area contributed by atoms with Gasteiger partial charge in [0, 0.05) is 49.0 Å². The zero-order chi connectivity index (χ0) is 21.7. The van der Waals surface area contributed by atoms with E-state index in [0.29, 0.717) is 18.5 Å². The number of nitrogens with zero attached hydrogens (tertiary/aromatic N) is 2. The number of hydrogen-bond donors (Lipinski definition) is 3. The minimum Gasteiger partial charge on any atom is -0.393 e. The number of carbonyl (C=O) groups is 1. The average molecular weight is 424 g/mol. The van der Waals surface area contributed by atoms with E-state index >= 15 is 0 Å². The summed E-state index contributed by atoms with van der Waals surface area (Å²) >= 11 is 0. The maximum atomic E-state index is 12.7. The van der Waals surface area contributed by atoms with Crippen LogP contribution in [0, 0.1) is 0 Å². The molecule has 2 heterocycles. The van der Waals surface area contributed by atoms with Crippen LogP contribution in [0.5, 0.6) is 0 Å². The minimum atomic E-state index is -0.392. The van der Waals surface area contributed by atoms with Gasteiger partial charge in [-0.3, -0.25) is 14.7 Å².